The molecule has 1 aromatic heterocycles. The second-order valence-electron chi connectivity index (χ2n) is 5.84. The van der Waals surface area contributed by atoms with E-state index in [0.717, 1.165) is 21.9 Å². The molecule has 2 N–H and O–H groups in total. The summed E-state index contributed by atoms with van der Waals surface area (Å²) < 4.78 is 28.5. The van der Waals surface area contributed by atoms with Crippen LogP contribution in [0.1, 0.15) is 17.2 Å². The van der Waals surface area contributed by atoms with Crippen molar-refractivity contribution in [2.24, 2.45) is 7.05 Å². The maximum atomic E-state index is 12.1. The number of aryl methyl sites for hydroxylation is 1. The summed E-state index contributed by atoms with van der Waals surface area (Å²) >= 11 is 0. The molecule has 0 fully saturated rings. The molecule has 1 atom stereocenters. The van der Waals surface area contributed by atoms with Crippen molar-refractivity contribution in [1.29, 1.82) is 0 Å². The topological polar surface area (TPSA) is 71.3 Å². The number of nitrogens with zero attached hydrogens (tertiary/aromatic N) is 1. The molecular weight excluding hydrogens is 336 g/mol. The fourth-order valence-electron chi connectivity index (χ4n) is 2.72. The van der Waals surface area contributed by atoms with Gasteiger partial charge in [0, 0.05) is 41.7 Å². The summed E-state index contributed by atoms with van der Waals surface area (Å²) in [7, 11) is -1.73. The minimum absolute atomic E-state index is 0.0878. The number of aromatic nitrogens is 1. The van der Waals surface area contributed by atoms with Crippen molar-refractivity contribution in [3.63, 3.8) is 0 Å². The van der Waals surface area contributed by atoms with E-state index in [2.05, 4.69) is 4.72 Å². The fourth-order valence-corrected chi connectivity index (χ4v) is 3.55. The number of rotatable bonds is 6. The lowest BCUT2D eigenvalue weighted by molar-refractivity contribution is 0.183. The zero-order chi connectivity index (χ0) is 17.9. The van der Waals surface area contributed by atoms with Crippen LogP contribution in [0.15, 0.2) is 66.2 Å². The number of fused-ring (bicyclic) bond motifs is 1. The molecule has 6 heteroatoms. The molecule has 25 heavy (non-hydrogen) atoms. The summed E-state index contributed by atoms with van der Waals surface area (Å²) in [4.78, 5) is 0. The number of nitrogens with one attached hydrogen (secondary N) is 1. The molecular formula is C19H20N2O3S. The van der Waals surface area contributed by atoms with Gasteiger partial charge in [0.15, 0.2) is 0 Å². The maximum absolute atomic E-state index is 12.1. The Morgan fingerprint density at radius 3 is 2.56 bits per heavy atom. The molecule has 1 heterocycles. The van der Waals surface area contributed by atoms with E-state index in [1.165, 1.54) is 6.08 Å². The first-order valence-electron chi connectivity index (χ1n) is 7.91. The highest BCUT2D eigenvalue weighted by Gasteiger charge is 2.16. The Hall–Kier alpha value is -2.41. The van der Waals surface area contributed by atoms with Crippen LogP contribution in [0.2, 0.25) is 0 Å². The van der Waals surface area contributed by atoms with Gasteiger partial charge in [-0.3, -0.25) is 0 Å². The van der Waals surface area contributed by atoms with Gasteiger partial charge < -0.3 is 9.67 Å². The molecule has 0 saturated heterocycles. The van der Waals surface area contributed by atoms with Gasteiger partial charge in [-0.25, -0.2) is 13.1 Å². The average molecular weight is 356 g/mol. The van der Waals surface area contributed by atoms with Crippen molar-refractivity contribution in [2.45, 2.75) is 6.10 Å². The van der Waals surface area contributed by atoms with E-state index < -0.39 is 16.1 Å². The van der Waals surface area contributed by atoms with E-state index >= 15 is 0 Å². The van der Waals surface area contributed by atoms with Crippen LogP contribution >= 0.6 is 0 Å². The molecule has 0 bridgehead atoms. The predicted molar refractivity (Wildman–Crippen MR) is 100 cm³/mol. The molecule has 1 unspecified atom stereocenters. The molecule has 130 valence electrons. The third-order valence-electron chi connectivity index (χ3n) is 4.00. The smallest absolute Gasteiger partial charge is 0.233 e. The Kier molecular flexibility index (Phi) is 5.03. The largest absolute Gasteiger partial charge is 0.387 e. The first-order chi connectivity index (χ1) is 12.0. The first-order valence-corrected chi connectivity index (χ1v) is 9.46. The number of benzene rings is 2. The molecule has 2 aromatic carbocycles. The second kappa shape index (κ2) is 7.23. The molecule has 0 aliphatic rings. The van der Waals surface area contributed by atoms with Gasteiger partial charge in [0.2, 0.25) is 10.0 Å². The number of aliphatic hydroxyl groups excluding tert-OH is 1. The van der Waals surface area contributed by atoms with Gasteiger partial charge in [-0.15, -0.1) is 0 Å². The van der Waals surface area contributed by atoms with Gasteiger partial charge in [0.1, 0.15) is 0 Å². The third kappa shape index (κ3) is 4.17. The minimum atomic E-state index is -3.63. The number of para-hydroxylation sites is 1. The van der Waals surface area contributed by atoms with Gasteiger partial charge in [-0.1, -0.05) is 48.5 Å². The van der Waals surface area contributed by atoms with Crippen molar-refractivity contribution >= 4 is 27.0 Å². The highest BCUT2D eigenvalue weighted by atomic mass is 32.2. The Morgan fingerprint density at radius 2 is 1.80 bits per heavy atom. The number of aliphatic hydroxyl groups is 1. The first kappa shape index (κ1) is 17.4. The van der Waals surface area contributed by atoms with Crippen LogP contribution in [0, 0.1) is 0 Å². The van der Waals surface area contributed by atoms with E-state index in [1.807, 2.05) is 72.4 Å². The lowest BCUT2D eigenvalue weighted by Gasteiger charge is -2.10. The van der Waals surface area contributed by atoms with E-state index in [0.29, 0.717) is 5.56 Å². The van der Waals surface area contributed by atoms with Gasteiger partial charge >= 0.3 is 0 Å². The second-order valence-corrected chi connectivity index (χ2v) is 7.49. The SMILES string of the molecule is Cn1cc(C(O)CNS(=O)(=O)/C=C/c2ccccc2)c2ccccc21. The number of sulfonamides is 1. The third-order valence-corrected chi connectivity index (χ3v) is 5.07. The van der Waals surface area contributed by atoms with Crippen molar-refractivity contribution in [1.82, 2.24) is 9.29 Å². The summed E-state index contributed by atoms with van der Waals surface area (Å²) in [5.41, 5.74) is 2.48. The van der Waals surface area contributed by atoms with E-state index in [4.69, 9.17) is 0 Å². The van der Waals surface area contributed by atoms with Crippen LogP contribution in [0.5, 0.6) is 0 Å². The van der Waals surface area contributed by atoms with Crippen molar-refractivity contribution in [3.05, 3.63) is 77.3 Å². The van der Waals surface area contributed by atoms with Crippen molar-refractivity contribution in [3.8, 4) is 0 Å². The van der Waals surface area contributed by atoms with Gasteiger partial charge in [0.25, 0.3) is 0 Å². The zero-order valence-corrected chi connectivity index (χ0v) is 14.6. The van der Waals surface area contributed by atoms with Crippen molar-refractivity contribution < 1.29 is 13.5 Å². The number of hydrogen-bond acceptors (Lipinski definition) is 3. The summed E-state index contributed by atoms with van der Waals surface area (Å²) in [6.07, 6.45) is 2.42. The molecule has 5 nitrogen and oxygen atoms in total. The zero-order valence-electron chi connectivity index (χ0n) is 13.8. The van der Waals surface area contributed by atoms with Gasteiger partial charge in [0.05, 0.1) is 6.10 Å². The molecule has 0 amide bonds. The summed E-state index contributed by atoms with van der Waals surface area (Å²) in [6.45, 7) is -0.0878. The number of hydrogen-bond donors (Lipinski definition) is 2. The van der Waals surface area contributed by atoms with Crippen LogP contribution in [-0.2, 0) is 17.1 Å². The van der Waals surface area contributed by atoms with E-state index in [-0.39, 0.29) is 6.54 Å². The van der Waals surface area contributed by atoms with Crippen LogP contribution in [0.3, 0.4) is 0 Å². The molecule has 3 rings (SSSR count). The Balaban J connectivity index is 1.70. The summed E-state index contributed by atoms with van der Waals surface area (Å²) in [6, 6.07) is 16.9. The molecule has 0 spiro atoms. The Morgan fingerprint density at radius 1 is 1.12 bits per heavy atom. The summed E-state index contributed by atoms with van der Waals surface area (Å²) in [5, 5.41) is 12.4. The van der Waals surface area contributed by atoms with Gasteiger partial charge in [-0.05, 0) is 17.7 Å². The van der Waals surface area contributed by atoms with Crippen LogP contribution in [0.25, 0.3) is 17.0 Å². The molecule has 3 aromatic rings. The van der Waals surface area contributed by atoms with Gasteiger partial charge in [-0.2, -0.15) is 0 Å². The molecule has 0 saturated carbocycles. The standard InChI is InChI=1S/C19H20N2O3S/c1-21-14-17(16-9-5-6-10-18(16)21)19(22)13-20-25(23,24)12-11-15-7-3-2-4-8-15/h2-12,14,19-20,22H,13H2,1H3/b12-11+. The van der Waals surface area contributed by atoms with E-state index in [1.54, 1.807) is 0 Å². The average Bonchev–Trinajstić information content (AvgIpc) is 2.96. The highest BCUT2D eigenvalue weighted by molar-refractivity contribution is 7.92. The maximum Gasteiger partial charge on any atom is 0.233 e. The normalized spacial score (nSPS) is 13.5. The Labute approximate surface area is 147 Å². The van der Waals surface area contributed by atoms with Crippen LogP contribution in [0.4, 0.5) is 0 Å². The highest BCUT2D eigenvalue weighted by Crippen LogP contribution is 2.25. The predicted octanol–water partition coefficient (Wildman–Crippen LogP) is 2.80. The monoisotopic (exact) mass is 356 g/mol. The molecule has 0 aliphatic heterocycles. The lowest BCUT2D eigenvalue weighted by atomic mass is 10.1. The Bertz CT molecular complexity index is 992. The molecule has 0 radical (unpaired) electrons. The fraction of sp³-hybridized carbons (Fsp3) is 0.158. The minimum Gasteiger partial charge on any atom is -0.387 e. The lowest BCUT2D eigenvalue weighted by Crippen LogP contribution is -2.26. The quantitative estimate of drug-likeness (QED) is 0.713. The van der Waals surface area contributed by atoms with Crippen LogP contribution < -0.4 is 4.72 Å². The van der Waals surface area contributed by atoms with E-state index in [9.17, 15) is 13.5 Å². The summed E-state index contributed by atoms with van der Waals surface area (Å²) in [5.74, 6) is 0. The van der Waals surface area contributed by atoms with Crippen LogP contribution in [-0.4, -0.2) is 24.6 Å². The molecule has 0 aliphatic carbocycles. The van der Waals surface area contributed by atoms with Crippen molar-refractivity contribution in [2.75, 3.05) is 6.54 Å².